The fourth-order valence-electron chi connectivity index (χ4n) is 4.33. The molecule has 0 spiro atoms. The van der Waals surface area contributed by atoms with Crippen LogP contribution in [0.5, 0.6) is 5.88 Å². The Kier molecular flexibility index (Phi) is 5.01. The highest BCUT2D eigenvalue weighted by molar-refractivity contribution is 7.88. The summed E-state index contributed by atoms with van der Waals surface area (Å²) in [6, 6.07) is 9.57. The summed E-state index contributed by atoms with van der Waals surface area (Å²) in [6.45, 7) is 2.61. The third-order valence-electron chi connectivity index (χ3n) is 6.06. The molecular formula is C21H26N4O3S. The highest BCUT2D eigenvalue weighted by Gasteiger charge is 2.40. The van der Waals surface area contributed by atoms with E-state index in [1.807, 2.05) is 36.5 Å². The van der Waals surface area contributed by atoms with Gasteiger partial charge in [0, 0.05) is 44.6 Å². The molecule has 2 aromatic rings. The maximum Gasteiger partial charge on any atom is 0.232 e. The number of fused-ring (bicyclic) bond motifs is 1. The molecule has 3 aliphatic rings. The van der Waals surface area contributed by atoms with Crippen molar-refractivity contribution in [3.05, 3.63) is 54.0 Å². The average molecular weight is 415 g/mol. The Morgan fingerprint density at radius 2 is 1.86 bits per heavy atom. The van der Waals surface area contributed by atoms with E-state index in [0.29, 0.717) is 24.9 Å². The second-order valence-electron chi connectivity index (χ2n) is 8.28. The molecule has 0 radical (unpaired) electrons. The number of piperazine rings is 1. The lowest BCUT2D eigenvalue weighted by molar-refractivity contribution is 0.151. The molecule has 1 aromatic carbocycles. The molecule has 0 amide bonds. The molecule has 5 rings (SSSR count). The summed E-state index contributed by atoms with van der Waals surface area (Å²) >= 11 is 0. The summed E-state index contributed by atoms with van der Waals surface area (Å²) in [5, 5.41) is 0. The van der Waals surface area contributed by atoms with Crippen molar-refractivity contribution in [2.75, 3.05) is 26.2 Å². The van der Waals surface area contributed by atoms with Gasteiger partial charge in [0.1, 0.15) is 6.10 Å². The first-order valence-corrected chi connectivity index (χ1v) is 11.9. The van der Waals surface area contributed by atoms with Crippen molar-refractivity contribution in [3.63, 3.8) is 0 Å². The maximum absolute atomic E-state index is 12.9. The van der Waals surface area contributed by atoms with Crippen LogP contribution in [-0.2, 0) is 15.8 Å². The van der Waals surface area contributed by atoms with E-state index in [4.69, 9.17) is 4.74 Å². The standard InChI is InChI=1S/C21H26N4O3S/c26-29(27,15-16-4-2-1-3-5-16)25-9-8-24-14-19(10-18(24)13-25)28-21-12-22-20(11-23-21)17-6-7-17/h1-5,11-12,17-19H,6-10,13-15H2/t18-,19-/m0/s1. The van der Waals surface area contributed by atoms with Gasteiger partial charge in [-0.3, -0.25) is 9.88 Å². The Balaban J connectivity index is 1.19. The van der Waals surface area contributed by atoms with E-state index in [-0.39, 0.29) is 17.9 Å². The van der Waals surface area contributed by atoms with E-state index in [9.17, 15) is 8.42 Å². The lowest BCUT2D eigenvalue weighted by atomic mass is 10.2. The highest BCUT2D eigenvalue weighted by atomic mass is 32.2. The van der Waals surface area contributed by atoms with Gasteiger partial charge < -0.3 is 4.74 Å². The van der Waals surface area contributed by atoms with Crippen LogP contribution >= 0.6 is 0 Å². The number of ether oxygens (including phenoxy) is 1. The van der Waals surface area contributed by atoms with Crippen LogP contribution in [0.25, 0.3) is 0 Å². The summed E-state index contributed by atoms with van der Waals surface area (Å²) in [4.78, 5) is 11.2. The van der Waals surface area contributed by atoms with Crippen molar-refractivity contribution in [1.82, 2.24) is 19.2 Å². The van der Waals surface area contributed by atoms with Crippen molar-refractivity contribution in [1.29, 1.82) is 0 Å². The minimum absolute atomic E-state index is 0.0258. The Bertz CT molecular complexity index is 948. The second kappa shape index (κ2) is 7.66. The van der Waals surface area contributed by atoms with Gasteiger partial charge in [0.15, 0.2) is 0 Å². The summed E-state index contributed by atoms with van der Waals surface area (Å²) in [6.07, 6.45) is 6.80. The smallest absolute Gasteiger partial charge is 0.232 e. The molecular weight excluding hydrogens is 388 g/mol. The van der Waals surface area contributed by atoms with E-state index in [2.05, 4.69) is 14.9 Å². The van der Waals surface area contributed by atoms with E-state index in [1.165, 1.54) is 12.8 Å². The van der Waals surface area contributed by atoms with Crippen molar-refractivity contribution >= 4 is 10.0 Å². The highest BCUT2D eigenvalue weighted by Crippen LogP contribution is 2.38. The third kappa shape index (κ3) is 4.29. The topological polar surface area (TPSA) is 75.6 Å². The molecule has 0 bridgehead atoms. The fraction of sp³-hybridized carbons (Fsp3) is 0.524. The zero-order valence-corrected chi connectivity index (χ0v) is 17.2. The Morgan fingerprint density at radius 1 is 1.03 bits per heavy atom. The fourth-order valence-corrected chi connectivity index (χ4v) is 5.89. The van der Waals surface area contributed by atoms with Crippen LogP contribution in [-0.4, -0.2) is 65.9 Å². The average Bonchev–Trinajstić information content (AvgIpc) is 3.48. The van der Waals surface area contributed by atoms with Crippen LogP contribution < -0.4 is 4.74 Å². The molecule has 1 aromatic heterocycles. The SMILES string of the molecule is O=S(=O)(Cc1ccccc1)N1CCN2C[C@@H](Oc3cnc(C4CC4)cn3)C[C@H]2C1. The predicted molar refractivity (Wildman–Crippen MR) is 109 cm³/mol. The molecule has 2 atom stereocenters. The van der Waals surface area contributed by atoms with Gasteiger partial charge in [-0.1, -0.05) is 30.3 Å². The maximum atomic E-state index is 12.9. The monoisotopic (exact) mass is 414 g/mol. The number of aromatic nitrogens is 2. The molecule has 7 nitrogen and oxygen atoms in total. The Hall–Kier alpha value is -2.03. The Morgan fingerprint density at radius 3 is 2.59 bits per heavy atom. The van der Waals surface area contributed by atoms with Crippen LogP contribution in [0.1, 0.15) is 36.4 Å². The third-order valence-corrected chi connectivity index (χ3v) is 7.87. The summed E-state index contributed by atoms with van der Waals surface area (Å²) in [7, 11) is -3.31. The van der Waals surface area contributed by atoms with Crippen molar-refractivity contribution in [2.45, 2.75) is 43.1 Å². The van der Waals surface area contributed by atoms with Gasteiger partial charge in [-0.15, -0.1) is 0 Å². The van der Waals surface area contributed by atoms with E-state index in [0.717, 1.165) is 30.8 Å². The first kappa shape index (κ1) is 19.0. The normalized spacial score (nSPS) is 25.7. The van der Waals surface area contributed by atoms with Crippen LogP contribution in [0.3, 0.4) is 0 Å². The first-order chi connectivity index (χ1) is 14.1. The zero-order chi connectivity index (χ0) is 19.8. The van der Waals surface area contributed by atoms with E-state index >= 15 is 0 Å². The van der Waals surface area contributed by atoms with Crippen molar-refractivity contribution in [2.24, 2.45) is 0 Å². The molecule has 3 fully saturated rings. The summed E-state index contributed by atoms with van der Waals surface area (Å²) in [5.74, 6) is 1.21. The quantitative estimate of drug-likeness (QED) is 0.720. The number of nitrogens with zero attached hydrogens (tertiary/aromatic N) is 4. The molecule has 1 aliphatic carbocycles. The van der Waals surface area contributed by atoms with Crippen LogP contribution in [0.15, 0.2) is 42.7 Å². The van der Waals surface area contributed by atoms with Gasteiger partial charge in [0.25, 0.3) is 0 Å². The van der Waals surface area contributed by atoms with Gasteiger partial charge in [-0.25, -0.2) is 13.4 Å². The van der Waals surface area contributed by atoms with Gasteiger partial charge in [0.2, 0.25) is 15.9 Å². The number of sulfonamides is 1. The number of benzene rings is 1. The molecule has 3 heterocycles. The molecule has 2 aliphatic heterocycles. The number of rotatable bonds is 6. The van der Waals surface area contributed by atoms with E-state index in [1.54, 1.807) is 10.5 Å². The molecule has 2 saturated heterocycles. The van der Waals surface area contributed by atoms with Gasteiger partial charge >= 0.3 is 0 Å². The zero-order valence-electron chi connectivity index (χ0n) is 16.4. The lowest BCUT2D eigenvalue weighted by Gasteiger charge is -2.36. The van der Waals surface area contributed by atoms with Gasteiger partial charge in [-0.05, 0) is 18.4 Å². The minimum atomic E-state index is -3.31. The largest absolute Gasteiger partial charge is 0.472 e. The van der Waals surface area contributed by atoms with Gasteiger partial charge in [0.05, 0.1) is 23.8 Å². The summed E-state index contributed by atoms with van der Waals surface area (Å²) < 4.78 is 33.4. The molecule has 29 heavy (non-hydrogen) atoms. The molecule has 8 heteroatoms. The van der Waals surface area contributed by atoms with E-state index < -0.39 is 10.0 Å². The second-order valence-corrected chi connectivity index (χ2v) is 10.2. The van der Waals surface area contributed by atoms with Crippen LogP contribution in [0, 0.1) is 0 Å². The van der Waals surface area contributed by atoms with Crippen LogP contribution in [0.4, 0.5) is 0 Å². The number of hydrogen-bond donors (Lipinski definition) is 0. The molecule has 0 N–H and O–H groups in total. The Labute approximate surface area is 171 Å². The van der Waals surface area contributed by atoms with Crippen molar-refractivity contribution < 1.29 is 13.2 Å². The molecule has 1 saturated carbocycles. The molecule has 154 valence electrons. The molecule has 0 unspecified atom stereocenters. The lowest BCUT2D eigenvalue weighted by Crippen LogP contribution is -2.52. The first-order valence-electron chi connectivity index (χ1n) is 10.3. The van der Waals surface area contributed by atoms with Crippen molar-refractivity contribution in [3.8, 4) is 5.88 Å². The summed E-state index contributed by atoms with van der Waals surface area (Å²) in [5.41, 5.74) is 1.89. The van der Waals surface area contributed by atoms with Crippen LogP contribution in [0.2, 0.25) is 0 Å². The minimum Gasteiger partial charge on any atom is -0.472 e. The van der Waals surface area contributed by atoms with Gasteiger partial charge in [-0.2, -0.15) is 4.31 Å². The predicted octanol–water partition coefficient (Wildman–Crippen LogP) is 2.02. The number of hydrogen-bond acceptors (Lipinski definition) is 6.